The van der Waals surface area contributed by atoms with E-state index in [4.69, 9.17) is 11.5 Å². The highest BCUT2D eigenvalue weighted by atomic mass is 32.2. The summed E-state index contributed by atoms with van der Waals surface area (Å²) in [5.74, 6) is 0.726. The molecule has 0 radical (unpaired) electrons. The van der Waals surface area contributed by atoms with Gasteiger partial charge in [0.1, 0.15) is 5.82 Å². The number of benzene rings is 2. The van der Waals surface area contributed by atoms with Crippen molar-refractivity contribution in [3.05, 3.63) is 77.8 Å². The van der Waals surface area contributed by atoms with Crippen LogP contribution in [-0.2, 0) is 0 Å². The number of nitrogens with zero attached hydrogens (tertiary/aromatic N) is 2. The Morgan fingerprint density at radius 1 is 0.919 bits per heavy atom. The van der Waals surface area contributed by atoms with E-state index < -0.39 is 0 Å². The first-order chi connectivity index (χ1) is 17.7. The molecule has 0 heterocycles. The second-order valence-corrected chi connectivity index (χ2v) is 9.63. The minimum absolute atomic E-state index is 0.339. The van der Waals surface area contributed by atoms with Gasteiger partial charge in [0.15, 0.2) is 5.96 Å². The highest BCUT2D eigenvalue weighted by Gasteiger charge is 2.05. The summed E-state index contributed by atoms with van der Waals surface area (Å²) in [6.45, 7) is 21.3. The lowest BCUT2D eigenvalue weighted by Crippen LogP contribution is -2.31. The molecule has 0 bridgehead atoms. The van der Waals surface area contributed by atoms with Gasteiger partial charge in [-0.15, -0.1) is 0 Å². The third kappa shape index (κ3) is 11.3. The number of nitrogens with two attached hydrogens (primary N) is 2. The first-order valence-electron chi connectivity index (χ1n) is 13.0. The van der Waals surface area contributed by atoms with Crippen molar-refractivity contribution in [3.63, 3.8) is 0 Å². The Morgan fingerprint density at radius 3 is 2.27 bits per heavy atom. The fraction of sp³-hybridized carbons (Fsp3) is 0.400. The minimum atomic E-state index is 0.339. The second-order valence-electron chi connectivity index (χ2n) is 8.70. The van der Waals surface area contributed by atoms with Crippen molar-refractivity contribution in [1.29, 1.82) is 0 Å². The fourth-order valence-corrected chi connectivity index (χ4v) is 4.16. The lowest BCUT2D eigenvalue weighted by Gasteiger charge is -2.11. The van der Waals surface area contributed by atoms with Crippen LogP contribution < -0.4 is 21.5 Å². The summed E-state index contributed by atoms with van der Waals surface area (Å²) in [5.41, 5.74) is 16.3. The van der Waals surface area contributed by atoms with E-state index in [-0.39, 0.29) is 0 Å². The molecule has 0 spiro atoms. The van der Waals surface area contributed by atoms with Crippen LogP contribution in [0.2, 0.25) is 0 Å². The first-order valence-corrected chi connectivity index (χ1v) is 13.8. The van der Waals surface area contributed by atoms with Crippen LogP contribution in [0.25, 0.3) is 10.8 Å². The number of aliphatic imine (C=N–C) groups is 2. The largest absolute Gasteiger partial charge is 0.383 e. The van der Waals surface area contributed by atoms with Crippen molar-refractivity contribution < 1.29 is 0 Å². The van der Waals surface area contributed by atoms with E-state index in [9.17, 15) is 0 Å². The molecular weight excluding hydrogens is 476 g/mol. The maximum Gasteiger partial charge on any atom is 0.193 e. The van der Waals surface area contributed by atoms with Crippen LogP contribution in [0.15, 0.2) is 87.1 Å². The molecule has 37 heavy (non-hydrogen) atoms. The van der Waals surface area contributed by atoms with Crippen LogP contribution in [0.3, 0.4) is 0 Å². The number of fused-ring (bicyclic) bond motifs is 1. The van der Waals surface area contributed by atoms with E-state index >= 15 is 0 Å². The molecule has 0 amide bonds. The summed E-state index contributed by atoms with van der Waals surface area (Å²) in [6, 6.07) is 12.9. The van der Waals surface area contributed by atoms with Gasteiger partial charge in [-0.05, 0) is 80.5 Å². The SMILES string of the molecule is C=C(C)/C(C)=N\C(N)=C(/C)C(=C)NC(N)=NCCCCCCNSc1cccc2c(C)cccc12.CC. The lowest BCUT2D eigenvalue weighted by atomic mass is 10.1. The normalized spacial score (nSPS) is 12.5. The Balaban J connectivity index is 0.00000334. The van der Waals surface area contributed by atoms with Crippen LogP contribution in [0, 0.1) is 6.92 Å². The molecule has 0 saturated heterocycles. The molecule has 202 valence electrons. The van der Waals surface area contributed by atoms with Gasteiger partial charge in [0, 0.05) is 35.0 Å². The summed E-state index contributed by atoms with van der Waals surface area (Å²) in [5, 5.41) is 5.63. The fourth-order valence-electron chi connectivity index (χ4n) is 3.32. The third-order valence-electron chi connectivity index (χ3n) is 5.77. The van der Waals surface area contributed by atoms with Crippen molar-refractivity contribution >= 4 is 34.4 Å². The van der Waals surface area contributed by atoms with Crippen molar-refractivity contribution in [2.75, 3.05) is 13.1 Å². The van der Waals surface area contributed by atoms with Gasteiger partial charge in [0.25, 0.3) is 0 Å². The van der Waals surface area contributed by atoms with Crippen LogP contribution in [0.4, 0.5) is 0 Å². The van der Waals surface area contributed by atoms with Crippen LogP contribution in [0.1, 0.15) is 65.9 Å². The second kappa shape index (κ2) is 17.4. The Hall–Kier alpha value is -3.03. The van der Waals surface area contributed by atoms with E-state index in [0.717, 1.165) is 49.1 Å². The molecule has 6 N–H and O–H groups in total. The molecule has 0 aliphatic rings. The van der Waals surface area contributed by atoms with E-state index in [1.807, 2.05) is 34.6 Å². The zero-order valence-electron chi connectivity index (χ0n) is 23.6. The summed E-state index contributed by atoms with van der Waals surface area (Å²) < 4.78 is 3.50. The van der Waals surface area contributed by atoms with Gasteiger partial charge in [-0.3, -0.25) is 9.71 Å². The summed E-state index contributed by atoms with van der Waals surface area (Å²) in [7, 11) is 0. The van der Waals surface area contributed by atoms with Gasteiger partial charge in [-0.1, -0.05) is 70.2 Å². The molecule has 7 heteroatoms. The average molecular weight is 523 g/mol. The van der Waals surface area contributed by atoms with E-state index in [1.165, 1.54) is 21.2 Å². The minimum Gasteiger partial charge on any atom is -0.383 e. The topological polar surface area (TPSA) is 101 Å². The number of hydrogen-bond donors (Lipinski definition) is 4. The maximum absolute atomic E-state index is 6.05. The Labute approximate surface area is 228 Å². The molecule has 0 saturated carbocycles. The number of nitrogens with one attached hydrogen (secondary N) is 2. The summed E-state index contributed by atoms with van der Waals surface area (Å²) >= 11 is 1.72. The highest BCUT2D eigenvalue weighted by Crippen LogP contribution is 2.28. The molecule has 6 nitrogen and oxygen atoms in total. The van der Waals surface area contributed by atoms with Crippen molar-refractivity contribution in [3.8, 4) is 0 Å². The number of aryl methyl sites for hydroxylation is 1. The van der Waals surface area contributed by atoms with Gasteiger partial charge < -0.3 is 16.8 Å². The summed E-state index contributed by atoms with van der Waals surface area (Å²) in [4.78, 5) is 10.0. The van der Waals surface area contributed by atoms with Crippen molar-refractivity contribution in [1.82, 2.24) is 10.0 Å². The monoisotopic (exact) mass is 522 g/mol. The van der Waals surface area contributed by atoms with Gasteiger partial charge in [-0.2, -0.15) is 0 Å². The molecule has 0 aromatic heterocycles. The number of rotatable bonds is 13. The zero-order chi connectivity index (χ0) is 27.8. The number of allylic oxidation sites excluding steroid dienone is 2. The van der Waals surface area contributed by atoms with E-state index in [1.54, 1.807) is 11.9 Å². The molecule has 0 unspecified atom stereocenters. The predicted octanol–water partition coefficient (Wildman–Crippen LogP) is 6.98. The highest BCUT2D eigenvalue weighted by molar-refractivity contribution is 7.97. The van der Waals surface area contributed by atoms with Gasteiger partial charge in [-0.25, -0.2) is 4.99 Å². The lowest BCUT2D eigenvalue weighted by molar-refractivity contribution is 0.643. The van der Waals surface area contributed by atoms with E-state index in [0.29, 0.717) is 24.0 Å². The first kappa shape index (κ1) is 32.0. The van der Waals surface area contributed by atoms with E-state index in [2.05, 4.69) is 76.5 Å². The maximum atomic E-state index is 6.05. The van der Waals surface area contributed by atoms with Gasteiger partial charge in [0.05, 0.1) is 0 Å². The molecular formula is C30H46N6S. The predicted molar refractivity (Wildman–Crippen MR) is 166 cm³/mol. The molecule has 2 aromatic carbocycles. The molecule has 0 atom stereocenters. The van der Waals surface area contributed by atoms with Gasteiger partial charge >= 0.3 is 0 Å². The summed E-state index contributed by atoms with van der Waals surface area (Å²) in [6.07, 6.45) is 4.37. The standard InChI is InChI=1S/C28H40N6S.C2H6/c1-19(2)22(5)33-27(29)21(4)23(6)34-28(30)31-17-9-7-8-10-18-32-35-26-16-12-14-24-20(3)13-11-15-25(24)26;1-2/h11-16,32H,1,6-10,17-18,29H2,2-5H3,(H3,30,31,34);1-2H3/b27-21+,33-22-;. The average Bonchev–Trinajstić information content (AvgIpc) is 2.88. The number of guanidine groups is 1. The Kier molecular flexibility index (Phi) is 15.1. The molecule has 0 aliphatic heterocycles. The smallest absolute Gasteiger partial charge is 0.193 e. The quantitative estimate of drug-likeness (QED) is 0.0748. The number of unbranched alkanes of at least 4 members (excludes halogenated alkanes) is 3. The Morgan fingerprint density at radius 2 is 1.57 bits per heavy atom. The molecule has 0 aliphatic carbocycles. The number of hydrogen-bond acceptors (Lipinski definition) is 5. The van der Waals surface area contributed by atoms with Crippen LogP contribution >= 0.6 is 11.9 Å². The molecule has 0 fully saturated rings. The van der Waals surface area contributed by atoms with Gasteiger partial charge in [0.2, 0.25) is 0 Å². The Bertz CT molecular complexity index is 1130. The molecule has 2 rings (SSSR count). The third-order valence-corrected chi connectivity index (χ3v) is 6.70. The van der Waals surface area contributed by atoms with Crippen LogP contribution in [0.5, 0.6) is 0 Å². The van der Waals surface area contributed by atoms with Crippen molar-refractivity contribution in [2.45, 2.75) is 72.1 Å². The molecule has 2 aromatic rings. The van der Waals surface area contributed by atoms with Crippen LogP contribution in [-0.4, -0.2) is 24.8 Å². The zero-order valence-corrected chi connectivity index (χ0v) is 24.4. The van der Waals surface area contributed by atoms with Crippen molar-refractivity contribution in [2.24, 2.45) is 21.5 Å².